The first-order chi connectivity index (χ1) is 11.0. The average Bonchev–Trinajstić information content (AvgIpc) is 2.55. The van der Waals surface area contributed by atoms with Crippen LogP contribution >= 0.6 is 0 Å². The maximum Gasteiger partial charge on any atom is 2.00 e. The number of methoxy groups -OCH3 is 1. The van der Waals surface area contributed by atoms with Gasteiger partial charge in [0.25, 0.3) is 0 Å². The fourth-order valence-electron chi connectivity index (χ4n) is 1.42. The number of aliphatic carboxylic acids is 1. The molecule has 9 N–H and O–H groups in total. The van der Waals surface area contributed by atoms with Gasteiger partial charge >= 0.3 is 19.5 Å². The Labute approximate surface area is 169 Å². The van der Waals surface area contributed by atoms with Crippen molar-refractivity contribution in [2.24, 2.45) is 5.10 Å². The Bertz CT molecular complexity index is 681. The molecule has 0 aliphatic heterocycles. The molecule has 2 rings (SSSR count). The van der Waals surface area contributed by atoms with Gasteiger partial charge in [0, 0.05) is 30.1 Å². The number of amides is 1. The Hall–Kier alpha value is -2.72. The van der Waals surface area contributed by atoms with Crippen molar-refractivity contribution in [2.45, 2.75) is 6.92 Å². The van der Waals surface area contributed by atoms with Gasteiger partial charge in [-0.15, -0.1) is 0 Å². The van der Waals surface area contributed by atoms with Gasteiger partial charge in [-0.1, -0.05) is 12.1 Å². The van der Waals surface area contributed by atoms with E-state index in [1.165, 1.54) is 18.6 Å². The van der Waals surface area contributed by atoms with Crippen molar-refractivity contribution < 1.29 is 55.3 Å². The number of carboxylic acid groups (broad SMARTS) is 1. The molecule has 10 nitrogen and oxygen atoms in total. The molecule has 1 aromatic carbocycles. The molecular formula is C16H24N3O7Zn+3. The largest absolute Gasteiger partial charge is 2.00 e. The molecule has 0 saturated carbocycles. The fourth-order valence-corrected chi connectivity index (χ4v) is 1.42. The van der Waals surface area contributed by atoms with Crippen LogP contribution in [0.5, 0.6) is 5.75 Å². The number of aromatic nitrogens is 1. The van der Waals surface area contributed by atoms with Gasteiger partial charge in [-0.25, -0.2) is 0 Å². The van der Waals surface area contributed by atoms with Crippen LogP contribution in [-0.2, 0) is 40.7 Å². The van der Waals surface area contributed by atoms with E-state index in [1.54, 1.807) is 25.3 Å². The molecule has 2 aromatic rings. The Kier molecular flexibility index (Phi) is 21.4. The zero-order valence-electron chi connectivity index (χ0n) is 15.1. The van der Waals surface area contributed by atoms with Crippen molar-refractivity contribution in [1.29, 1.82) is 0 Å². The molecule has 0 unspecified atom stereocenters. The number of carbonyl (C=O) groups is 2. The van der Waals surface area contributed by atoms with Gasteiger partial charge in [0.2, 0.25) is 0 Å². The first-order valence-corrected chi connectivity index (χ1v) is 6.53. The van der Waals surface area contributed by atoms with E-state index in [1.807, 2.05) is 18.2 Å². The minimum Gasteiger partial charge on any atom is -0.550 e. The normalized spacial score (nSPS) is 8.22. The molecular weight excluding hydrogens is 412 g/mol. The zero-order chi connectivity index (χ0) is 17.1. The van der Waals surface area contributed by atoms with Crippen LogP contribution in [0.3, 0.4) is 0 Å². The van der Waals surface area contributed by atoms with Crippen LogP contribution in [-0.4, -0.2) is 30.2 Å². The number of carboxylic acids is 1. The Morgan fingerprint density at radius 2 is 1.70 bits per heavy atom. The molecule has 27 heavy (non-hydrogen) atoms. The fraction of sp³-hybridized carbons (Fsp3) is 0.125. The van der Waals surface area contributed by atoms with Crippen LogP contribution in [0.4, 0.5) is 0 Å². The first kappa shape index (κ1) is 32.0. The molecule has 0 radical (unpaired) electrons. The molecule has 0 aliphatic rings. The second kappa shape index (κ2) is 18.1. The molecule has 1 heterocycles. The third kappa shape index (κ3) is 14.2. The van der Waals surface area contributed by atoms with E-state index in [-0.39, 0.29) is 35.9 Å². The van der Waals surface area contributed by atoms with E-state index in [9.17, 15) is 4.79 Å². The van der Waals surface area contributed by atoms with Crippen molar-refractivity contribution in [1.82, 2.24) is 4.98 Å². The molecule has 1 aromatic heterocycles. The SMILES string of the molecule is CC(=O)[O-].COc1cccc(/C=N/[N-]C(=O)c2ccncc2)c1.[OH3+].[OH3+].[OH3+].[Zn+2]. The average molecular weight is 436 g/mol. The molecule has 0 saturated heterocycles. The second-order valence-electron chi connectivity index (χ2n) is 4.15. The van der Waals surface area contributed by atoms with Crippen LogP contribution in [0.1, 0.15) is 22.8 Å². The monoisotopic (exact) mass is 434 g/mol. The molecule has 144 valence electrons. The van der Waals surface area contributed by atoms with Gasteiger partial charge in [-0.2, -0.15) is 0 Å². The van der Waals surface area contributed by atoms with E-state index in [2.05, 4.69) is 15.5 Å². The van der Waals surface area contributed by atoms with Crippen molar-refractivity contribution >= 4 is 18.1 Å². The minimum absolute atomic E-state index is 0. The zero-order valence-corrected chi connectivity index (χ0v) is 18.1. The summed E-state index contributed by atoms with van der Waals surface area (Å²) >= 11 is 0. The van der Waals surface area contributed by atoms with Crippen molar-refractivity contribution in [3.8, 4) is 5.75 Å². The molecule has 0 bridgehead atoms. The van der Waals surface area contributed by atoms with E-state index in [4.69, 9.17) is 14.6 Å². The van der Waals surface area contributed by atoms with Gasteiger partial charge < -0.3 is 46.4 Å². The Morgan fingerprint density at radius 1 is 1.15 bits per heavy atom. The smallest absolute Gasteiger partial charge is 0.550 e. The summed E-state index contributed by atoms with van der Waals surface area (Å²) in [7, 11) is 1.59. The van der Waals surface area contributed by atoms with E-state index in [0.29, 0.717) is 5.56 Å². The van der Waals surface area contributed by atoms with E-state index in [0.717, 1.165) is 18.2 Å². The van der Waals surface area contributed by atoms with Crippen molar-refractivity contribution in [3.05, 3.63) is 65.3 Å². The molecule has 1 amide bonds. The predicted octanol–water partition coefficient (Wildman–Crippen LogP) is -1.37. The Balaban J connectivity index is -0.000000302. The van der Waals surface area contributed by atoms with Crippen molar-refractivity contribution in [3.63, 3.8) is 0 Å². The summed E-state index contributed by atoms with van der Waals surface area (Å²) < 4.78 is 5.09. The number of carbonyl (C=O) groups excluding carboxylic acids is 2. The standard InChI is InChI=1S/C14H13N3O2.C2H4O2.3H2O.Zn/c1-19-13-4-2-3-11(9-13)10-16-17-14(18)12-5-7-15-8-6-12;1-2(3)4;;;;/h2-10H,1H3,(H,17,18);1H3,(H,3,4);3*1H2;/q;;;;;+2/p+1/b16-10+;;;;;. The molecule has 11 heteroatoms. The summed E-state index contributed by atoms with van der Waals surface area (Å²) in [6, 6.07) is 10.5. The predicted molar refractivity (Wildman–Crippen MR) is 97.8 cm³/mol. The van der Waals surface area contributed by atoms with Gasteiger partial charge in [-0.3, -0.25) is 4.98 Å². The van der Waals surface area contributed by atoms with Gasteiger partial charge in [-0.05, 0) is 36.8 Å². The summed E-state index contributed by atoms with van der Waals surface area (Å²) in [4.78, 5) is 24.3. The van der Waals surface area contributed by atoms with Crippen LogP contribution in [0.15, 0.2) is 53.9 Å². The van der Waals surface area contributed by atoms with Gasteiger partial charge in [0.15, 0.2) is 0 Å². The molecule has 0 atom stereocenters. The van der Waals surface area contributed by atoms with E-state index >= 15 is 0 Å². The molecule has 0 fully saturated rings. The summed E-state index contributed by atoms with van der Waals surface area (Å²) in [6.07, 6.45) is 4.57. The number of nitrogens with zero attached hydrogens (tertiary/aromatic N) is 3. The number of ether oxygens (including phenoxy) is 1. The van der Waals surface area contributed by atoms with Crippen LogP contribution in [0.2, 0.25) is 0 Å². The molecule has 0 aliphatic carbocycles. The third-order valence-corrected chi connectivity index (χ3v) is 2.38. The second-order valence-corrected chi connectivity index (χ2v) is 4.15. The van der Waals surface area contributed by atoms with Gasteiger partial charge in [0.1, 0.15) is 5.75 Å². The summed E-state index contributed by atoms with van der Waals surface area (Å²) in [5.74, 6) is -0.758. The van der Waals surface area contributed by atoms with Crippen LogP contribution in [0.25, 0.3) is 5.43 Å². The number of hydrogen-bond donors (Lipinski definition) is 0. The summed E-state index contributed by atoms with van der Waals surface area (Å²) in [6.45, 7) is 0.972. The molecule has 0 spiro atoms. The van der Waals surface area contributed by atoms with Crippen LogP contribution < -0.4 is 9.84 Å². The van der Waals surface area contributed by atoms with Crippen molar-refractivity contribution in [2.75, 3.05) is 7.11 Å². The number of benzene rings is 1. The summed E-state index contributed by atoms with van der Waals surface area (Å²) in [5.41, 5.74) is 4.87. The van der Waals surface area contributed by atoms with E-state index < -0.39 is 11.9 Å². The summed E-state index contributed by atoms with van der Waals surface area (Å²) in [5, 5.41) is 12.7. The topological polar surface area (TPSA) is 205 Å². The maximum atomic E-state index is 11.6. The first-order valence-electron chi connectivity index (χ1n) is 6.53. The minimum atomic E-state index is -1.08. The number of hydrogen-bond acceptors (Lipinski definition) is 6. The third-order valence-electron chi connectivity index (χ3n) is 2.38. The number of pyridine rings is 1. The Morgan fingerprint density at radius 3 is 2.22 bits per heavy atom. The quantitative estimate of drug-likeness (QED) is 0.245. The van der Waals surface area contributed by atoms with Crippen LogP contribution in [0, 0.1) is 0 Å². The van der Waals surface area contributed by atoms with Gasteiger partial charge in [0.05, 0.1) is 13.0 Å². The number of rotatable bonds is 4. The maximum absolute atomic E-state index is 11.6.